The highest BCUT2D eigenvalue weighted by Crippen LogP contribution is 2.32. The monoisotopic (exact) mass is 381 g/mol. The first-order valence-corrected chi connectivity index (χ1v) is 8.54. The van der Waals surface area contributed by atoms with Gasteiger partial charge in [-0.15, -0.1) is 10.2 Å². The molecule has 7 nitrogen and oxygen atoms in total. The highest BCUT2D eigenvalue weighted by molar-refractivity contribution is 6.06. The van der Waals surface area contributed by atoms with Crippen molar-refractivity contribution in [1.29, 1.82) is 0 Å². The van der Waals surface area contributed by atoms with Gasteiger partial charge in [-0.05, 0) is 25.0 Å². The van der Waals surface area contributed by atoms with Gasteiger partial charge in [0.15, 0.2) is 11.4 Å². The van der Waals surface area contributed by atoms with E-state index >= 15 is 0 Å². The van der Waals surface area contributed by atoms with Gasteiger partial charge in [-0.2, -0.15) is 13.2 Å². The lowest BCUT2D eigenvalue weighted by Gasteiger charge is -2.24. The predicted octanol–water partition coefficient (Wildman–Crippen LogP) is 2.82. The average molecular weight is 381 g/mol. The second-order valence-electron chi connectivity index (χ2n) is 6.26. The molecule has 0 unspecified atom stereocenters. The summed E-state index contributed by atoms with van der Waals surface area (Å²) in [7, 11) is 0. The Kier molecular flexibility index (Phi) is 5.43. The molecule has 0 aliphatic carbocycles. The van der Waals surface area contributed by atoms with Gasteiger partial charge in [0.05, 0.1) is 5.69 Å². The van der Waals surface area contributed by atoms with Gasteiger partial charge in [0, 0.05) is 31.0 Å². The molecule has 1 amide bonds. The van der Waals surface area contributed by atoms with Crippen LogP contribution in [0.1, 0.15) is 41.9 Å². The predicted molar refractivity (Wildman–Crippen MR) is 92.7 cm³/mol. The number of nitrogens with one attached hydrogen (secondary N) is 2. The Labute approximate surface area is 152 Å². The van der Waals surface area contributed by atoms with Gasteiger partial charge < -0.3 is 15.2 Å². The van der Waals surface area contributed by atoms with Crippen LogP contribution >= 0.6 is 0 Å². The second-order valence-corrected chi connectivity index (χ2v) is 6.26. The molecule has 0 aromatic carbocycles. The Morgan fingerprint density at radius 3 is 2.44 bits per heavy atom. The molecule has 1 aliphatic heterocycles. The molecule has 0 atom stereocenters. The molecule has 27 heavy (non-hydrogen) atoms. The molecule has 0 spiro atoms. The molecule has 2 aromatic rings. The summed E-state index contributed by atoms with van der Waals surface area (Å²) >= 11 is 0. The molecule has 3 rings (SSSR count). The van der Waals surface area contributed by atoms with Gasteiger partial charge in [-0.3, -0.25) is 9.59 Å². The topological polar surface area (TPSA) is 91.0 Å². The number of alkyl halides is 3. The first-order valence-electron chi connectivity index (χ1n) is 8.54. The number of pyridine rings is 1. The Bertz CT molecular complexity index is 873. The van der Waals surface area contributed by atoms with E-state index in [2.05, 4.69) is 20.5 Å². The fraction of sp³-hybridized carbons (Fsp3) is 0.412. The normalized spacial score (nSPS) is 15.3. The molecule has 1 saturated heterocycles. The fourth-order valence-corrected chi connectivity index (χ4v) is 2.95. The van der Waals surface area contributed by atoms with Crippen molar-refractivity contribution in [3.05, 3.63) is 46.1 Å². The van der Waals surface area contributed by atoms with Gasteiger partial charge in [0.25, 0.3) is 5.91 Å². The number of hydrogen-bond donors (Lipinski definition) is 2. The van der Waals surface area contributed by atoms with E-state index in [0.29, 0.717) is 13.1 Å². The van der Waals surface area contributed by atoms with Gasteiger partial charge in [0.1, 0.15) is 0 Å². The number of hydrogen-bond acceptors (Lipinski definition) is 5. The van der Waals surface area contributed by atoms with Crippen LogP contribution in [-0.4, -0.2) is 34.2 Å². The number of carbonyl (C=O) groups is 1. The molecule has 0 radical (unpaired) electrons. The van der Waals surface area contributed by atoms with Crippen LogP contribution in [-0.2, 0) is 6.18 Å². The Hall–Kier alpha value is -2.91. The average Bonchev–Trinajstić information content (AvgIpc) is 2.90. The van der Waals surface area contributed by atoms with Gasteiger partial charge in [-0.25, -0.2) is 0 Å². The lowest BCUT2D eigenvalue weighted by Crippen LogP contribution is -2.29. The van der Waals surface area contributed by atoms with Crippen molar-refractivity contribution in [2.45, 2.75) is 31.9 Å². The molecular weight excluding hydrogens is 363 g/mol. The van der Waals surface area contributed by atoms with E-state index in [1.54, 1.807) is 4.90 Å². The van der Waals surface area contributed by atoms with Gasteiger partial charge >= 0.3 is 6.18 Å². The number of anilines is 2. The third-order valence-corrected chi connectivity index (χ3v) is 4.26. The van der Waals surface area contributed by atoms with Crippen LogP contribution in [0.5, 0.6) is 0 Å². The Morgan fingerprint density at radius 2 is 1.81 bits per heavy atom. The van der Waals surface area contributed by atoms with Crippen molar-refractivity contribution >= 4 is 17.3 Å². The van der Waals surface area contributed by atoms with Crippen molar-refractivity contribution in [2.75, 3.05) is 23.3 Å². The summed E-state index contributed by atoms with van der Waals surface area (Å²) < 4.78 is 39.2. The molecular formula is C17H18F3N5O2. The van der Waals surface area contributed by atoms with Crippen LogP contribution in [0.15, 0.2) is 29.2 Å². The zero-order chi connectivity index (χ0) is 19.4. The highest BCUT2D eigenvalue weighted by Gasteiger charge is 2.35. The first kappa shape index (κ1) is 18.9. The molecule has 1 aliphatic rings. The van der Waals surface area contributed by atoms with Crippen molar-refractivity contribution < 1.29 is 18.0 Å². The lowest BCUT2D eigenvalue weighted by atomic mass is 10.2. The van der Waals surface area contributed by atoms with Gasteiger partial charge in [-0.1, -0.05) is 12.8 Å². The van der Waals surface area contributed by atoms with E-state index in [1.165, 1.54) is 18.3 Å². The van der Waals surface area contributed by atoms with Crippen LogP contribution in [0.4, 0.5) is 24.5 Å². The Balaban J connectivity index is 1.97. The first-order chi connectivity index (χ1) is 12.8. The summed E-state index contributed by atoms with van der Waals surface area (Å²) in [4.78, 5) is 28.1. The molecule has 144 valence electrons. The summed E-state index contributed by atoms with van der Waals surface area (Å²) in [5.41, 5.74) is -1.45. The maximum absolute atomic E-state index is 13.1. The molecule has 0 saturated carbocycles. The fourth-order valence-electron chi connectivity index (χ4n) is 2.95. The van der Waals surface area contributed by atoms with Crippen LogP contribution in [0.25, 0.3) is 0 Å². The summed E-state index contributed by atoms with van der Waals surface area (Å²) in [6.07, 6.45) is 0.296. The number of aromatic nitrogens is 3. The number of aromatic amines is 1. The molecule has 2 aromatic heterocycles. The molecule has 2 N–H and O–H groups in total. The minimum absolute atomic E-state index is 0.0987. The van der Waals surface area contributed by atoms with Crippen molar-refractivity contribution in [3.63, 3.8) is 0 Å². The zero-order valence-electron chi connectivity index (χ0n) is 14.3. The maximum Gasteiger partial charge on any atom is 0.435 e. The third kappa shape index (κ3) is 4.63. The minimum atomic E-state index is -4.66. The largest absolute Gasteiger partial charge is 0.435 e. The van der Waals surface area contributed by atoms with Crippen LogP contribution in [0.3, 0.4) is 0 Å². The minimum Gasteiger partial charge on any atom is -0.370 e. The van der Waals surface area contributed by atoms with Crippen molar-refractivity contribution in [3.8, 4) is 0 Å². The van der Waals surface area contributed by atoms with Crippen LogP contribution in [0.2, 0.25) is 0 Å². The second kappa shape index (κ2) is 7.77. The standard InChI is InChI=1S/C17H18F3N5O2/c18-17(19,20)13-10-12(25-7-3-1-2-4-8-25)15(24-23-13)16(27)22-11-5-6-21-14(26)9-11/h5-6,9-10H,1-4,7-8H2,(H2,21,22,26,27). The van der Waals surface area contributed by atoms with Crippen molar-refractivity contribution in [2.24, 2.45) is 0 Å². The lowest BCUT2D eigenvalue weighted by molar-refractivity contribution is -0.141. The van der Waals surface area contributed by atoms with E-state index < -0.39 is 23.3 Å². The smallest absolute Gasteiger partial charge is 0.370 e. The van der Waals surface area contributed by atoms with E-state index in [-0.39, 0.29) is 17.1 Å². The number of amides is 1. The van der Waals surface area contributed by atoms with Gasteiger partial charge in [0.2, 0.25) is 5.56 Å². The number of rotatable bonds is 3. The molecule has 1 fully saturated rings. The molecule has 3 heterocycles. The van der Waals surface area contributed by atoms with Crippen LogP contribution in [0, 0.1) is 0 Å². The summed E-state index contributed by atoms with van der Waals surface area (Å²) in [6.45, 7) is 1.07. The highest BCUT2D eigenvalue weighted by atomic mass is 19.4. The summed E-state index contributed by atoms with van der Waals surface area (Å²) in [6, 6.07) is 3.49. The van der Waals surface area contributed by atoms with E-state index in [1.807, 2.05) is 0 Å². The van der Waals surface area contributed by atoms with Crippen molar-refractivity contribution in [1.82, 2.24) is 15.2 Å². The zero-order valence-corrected chi connectivity index (χ0v) is 14.3. The van der Waals surface area contributed by atoms with E-state index in [4.69, 9.17) is 0 Å². The van der Waals surface area contributed by atoms with E-state index in [9.17, 15) is 22.8 Å². The third-order valence-electron chi connectivity index (χ3n) is 4.26. The number of carbonyl (C=O) groups excluding carboxylic acids is 1. The molecule has 0 bridgehead atoms. The Morgan fingerprint density at radius 1 is 1.11 bits per heavy atom. The van der Waals surface area contributed by atoms with Crippen LogP contribution < -0.4 is 15.8 Å². The number of halogens is 3. The molecule has 10 heteroatoms. The maximum atomic E-state index is 13.1. The summed E-state index contributed by atoms with van der Waals surface area (Å²) in [5, 5.41) is 9.22. The SMILES string of the molecule is O=C(Nc1cc[nH]c(=O)c1)c1nnc(C(F)(F)F)cc1N1CCCCCC1. The number of nitrogens with zero attached hydrogens (tertiary/aromatic N) is 3. The quantitative estimate of drug-likeness (QED) is 0.853. The summed E-state index contributed by atoms with van der Waals surface area (Å²) in [5.74, 6) is -0.721. The number of H-pyrrole nitrogens is 1. The van der Waals surface area contributed by atoms with E-state index in [0.717, 1.165) is 31.7 Å².